The van der Waals surface area contributed by atoms with Crippen LogP contribution in [0.2, 0.25) is 0 Å². The number of aromatic nitrogens is 2. The van der Waals surface area contributed by atoms with E-state index in [0.717, 1.165) is 30.7 Å². The van der Waals surface area contributed by atoms with Crippen LogP contribution in [0.15, 0.2) is 36.4 Å². The van der Waals surface area contributed by atoms with E-state index in [9.17, 15) is 0 Å². The summed E-state index contributed by atoms with van der Waals surface area (Å²) in [4.78, 5) is 8.99. The number of nitrogens with zero attached hydrogens (tertiary/aromatic N) is 2. The zero-order valence-electron chi connectivity index (χ0n) is 10.5. The van der Waals surface area contributed by atoms with Gasteiger partial charge >= 0.3 is 0 Å². The lowest BCUT2D eigenvalue weighted by Gasteiger charge is -2.12. The molecule has 3 rings (SSSR count). The molecule has 0 saturated carbocycles. The number of nitrogen functional groups attached to an aromatic ring is 1. The SMILES string of the molecule is NNc1cc(-c2ccccc2)nc(C2CCCO2)n1. The number of benzene rings is 1. The average Bonchev–Trinajstić information content (AvgIpc) is 3.02. The Balaban J connectivity index is 2.02. The van der Waals surface area contributed by atoms with Gasteiger partial charge in [-0.2, -0.15) is 0 Å². The van der Waals surface area contributed by atoms with Crippen LogP contribution in [0.3, 0.4) is 0 Å². The minimum atomic E-state index is -0.0178. The van der Waals surface area contributed by atoms with Gasteiger partial charge in [0.15, 0.2) is 5.82 Å². The Morgan fingerprint density at radius 2 is 2.05 bits per heavy atom. The van der Waals surface area contributed by atoms with Crippen molar-refractivity contribution in [3.8, 4) is 11.3 Å². The third-order valence-corrected chi connectivity index (χ3v) is 3.18. The molecule has 5 heteroatoms. The van der Waals surface area contributed by atoms with E-state index in [-0.39, 0.29) is 6.10 Å². The first kappa shape index (κ1) is 12.1. The normalized spacial score (nSPS) is 18.5. The van der Waals surface area contributed by atoms with Crippen molar-refractivity contribution in [1.82, 2.24) is 9.97 Å². The van der Waals surface area contributed by atoms with Gasteiger partial charge in [0.05, 0.1) is 5.69 Å². The number of nitrogens with one attached hydrogen (secondary N) is 1. The van der Waals surface area contributed by atoms with Gasteiger partial charge in [-0.3, -0.25) is 0 Å². The molecule has 1 aromatic carbocycles. The summed E-state index contributed by atoms with van der Waals surface area (Å²) in [5, 5.41) is 0. The number of anilines is 1. The van der Waals surface area contributed by atoms with Crippen molar-refractivity contribution in [3.05, 3.63) is 42.2 Å². The van der Waals surface area contributed by atoms with Crippen LogP contribution in [0, 0.1) is 0 Å². The zero-order chi connectivity index (χ0) is 13.1. The zero-order valence-corrected chi connectivity index (χ0v) is 10.5. The molecular weight excluding hydrogens is 240 g/mol. The van der Waals surface area contributed by atoms with Gasteiger partial charge in [0.2, 0.25) is 0 Å². The number of hydrogen-bond donors (Lipinski definition) is 2. The van der Waals surface area contributed by atoms with Gasteiger partial charge in [-0.1, -0.05) is 30.3 Å². The van der Waals surface area contributed by atoms with Crippen LogP contribution < -0.4 is 11.3 Å². The maximum Gasteiger partial charge on any atom is 0.160 e. The molecule has 5 nitrogen and oxygen atoms in total. The van der Waals surface area contributed by atoms with Gasteiger partial charge in [-0.05, 0) is 12.8 Å². The van der Waals surface area contributed by atoms with Crippen molar-refractivity contribution >= 4 is 5.82 Å². The third kappa shape index (κ3) is 2.57. The van der Waals surface area contributed by atoms with Gasteiger partial charge in [0.25, 0.3) is 0 Å². The Hall–Kier alpha value is -1.98. The van der Waals surface area contributed by atoms with E-state index in [2.05, 4.69) is 15.4 Å². The Kier molecular flexibility index (Phi) is 3.39. The minimum Gasteiger partial charge on any atom is -0.370 e. The summed E-state index contributed by atoms with van der Waals surface area (Å²) in [6.07, 6.45) is 1.99. The standard InChI is InChI=1S/C14H16N4O/c15-18-13-9-11(10-5-2-1-3-6-10)16-14(17-13)12-7-4-8-19-12/h1-3,5-6,9,12H,4,7-8,15H2,(H,16,17,18). The maximum atomic E-state index is 5.64. The van der Waals surface area contributed by atoms with Crippen molar-refractivity contribution in [1.29, 1.82) is 0 Å². The Morgan fingerprint density at radius 1 is 1.21 bits per heavy atom. The van der Waals surface area contributed by atoms with Gasteiger partial charge in [-0.25, -0.2) is 15.8 Å². The molecule has 0 spiro atoms. The van der Waals surface area contributed by atoms with Crippen LogP contribution in [0.4, 0.5) is 5.82 Å². The molecule has 0 amide bonds. The van der Waals surface area contributed by atoms with E-state index in [0.29, 0.717) is 11.6 Å². The fraction of sp³-hybridized carbons (Fsp3) is 0.286. The molecule has 2 aromatic rings. The lowest BCUT2D eigenvalue weighted by molar-refractivity contribution is 0.105. The molecule has 1 aromatic heterocycles. The van der Waals surface area contributed by atoms with Crippen molar-refractivity contribution in [2.75, 3.05) is 12.0 Å². The highest BCUT2D eigenvalue weighted by Crippen LogP contribution is 2.28. The Morgan fingerprint density at radius 3 is 2.74 bits per heavy atom. The molecule has 1 fully saturated rings. The topological polar surface area (TPSA) is 73.1 Å². The second-order valence-electron chi connectivity index (χ2n) is 4.51. The molecule has 0 bridgehead atoms. The van der Waals surface area contributed by atoms with E-state index in [1.807, 2.05) is 36.4 Å². The Bertz CT molecular complexity index is 553. The van der Waals surface area contributed by atoms with Crippen LogP contribution in [0.5, 0.6) is 0 Å². The number of hydrazine groups is 1. The van der Waals surface area contributed by atoms with Crippen LogP contribution >= 0.6 is 0 Å². The fourth-order valence-corrected chi connectivity index (χ4v) is 2.22. The van der Waals surface area contributed by atoms with Crippen LogP contribution in [-0.2, 0) is 4.74 Å². The summed E-state index contributed by atoms with van der Waals surface area (Å²) < 4.78 is 5.64. The summed E-state index contributed by atoms with van der Waals surface area (Å²) in [6.45, 7) is 0.773. The van der Waals surface area contributed by atoms with E-state index in [1.165, 1.54) is 0 Å². The average molecular weight is 256 g/mol. The lowest BCUT2D eigenvalue weighted by Crippen LogP contribution is -2.12. The van der Waals surface area contributed by atoms with E-state index in [1.54, 1.807) is 0 Å². The maximum absolute atomic E-state index is 5.64. The number of hydrogen-bond acceptors (Lipinski definition) is 5. The molecule has 1 saturated heterocycles. The van der Waals surface area contributed by atoms with Gasteiger partial charge in [0.1, 0.15) is 11.9 Å². The van der Waals surface area contributed by atoms with Gasteiger partial charge in [0, 0.05) is 18.2 Å². The smallest absolute Gasteiger partial charge is 0.160 e. The molecule has 3 N–H and O–H groups in total. The van der Waals surface area contributed by atoms with E-state index in [4.69, 9.17) is 10.6 Å². The third-order valence-electron chi connectivity index (χ3n) is 3.18. The molecule has 1 aliphatic heterocycles. The van der Waals surface area contributed by atoms with E-state index < -0.39 is 0 Å². The molecule has 1 aliphatic rings. The molecule has 0 aliphatic carbocycles. The predicted molar refractivity (Wildman–Crippen MR) is 73.2 cm³/mol. The lowest BCUT2D eigenvalue weighted by atomic mass is 10.1. The first-order chi connectivity index (χ1) is 9.36. The summed E-state index contributed by atoms with van der Waals surface area (Å²) in [5.41, 5.74) is 4.49. The Labute approximate surface area is 111 Å². The highest BCUT2D eigenvalue weighted by atomic mass is 16.5. The van der Waals surface area contributed by atoms with Crippen molar-refractivity contribution in [2.24, 2.45) is 5.84 Å². The highest BCUT2D eigenvalue weighted by Gasteiger charge is 2.21. The molecule has 1 unspecified atom stereocenters. The largest absolute Gasteiger partial charge is 0.370 e. The van der Waals surface area contributed by atoms with Crippen LogP contribution in [0.1, 0.15) is 24.8 Å². The summed E-state index contributed by atoms with van der Waals surface area (Å²) in [6, 6.07) is 11.8. The van der Waals surface area contributed by atoms with Crippen molar-refractivity contribution in [2.45, 2.75) is 18.9 Å². The van der Waals surface area contributed by atoms with E-state index >= 15 is 0 Å². The molecule has 0 radical (unpaired) electrons. The molecule has 98 valence electrons. The van der Waals surface area contributed by atoms with Crippen molar-refractivity contribution in [3.63, 3.8) is 0 Å². The predicted octanol–water partition coefficient (Wildman–Crippen LogP) is 2.28. The highest BCUT2D eigenvalue weighted by molar-refractivity contribution is 5.62. The molecule has 19 heavy (non-hydrogen) atoms. The van der Waals surface area contributed by atoms with Crippen molar-refractivity contribution < 1.29 is 4.74 Å². The minimum absolute atomic E-state index is 0.0178. The van der Waals surface area contributed by atoms with Gasteiger partial charge < -0.3 is 10.2 Å². The second kappa shape index (κ2) is 5.34. The summed E-state index contributed by atoms with van der Waals surface area (Å²) in [7, 11) is 0. The summed E-state index contributed by atoms with van der Waals surface area (Å²) in [5.74, 6) is 6.79. The molecule has 2 heterocycles. The number of nitrogens with two attached hydrogens (primary N) is 1. The first-order valence-electron chi connectivity index (χ1n) is 6.39. The molecule has 1 atom stereocenters. The summed E-state index contributed by atoms with van der Waals surface area (Å²) >= 11 is 0. The van der Waals surface area contributed by atoms with Gasteiger partial charge in [-0.15, -0.1) is 0 Å². The first-order valence-corrected chi connectivity index (χ1v) is 6.39. The van der Waals surface area contributed by atoms with Crippen LogP contribution in [-0.4, -0.2) is 16.6 Å². The fourth-order valence-electron chi connectivity index (χ4n) is 2.22. The van der Waals surface area contributed by atoms with Crippen LogP contribution in [0.25, 0.3) is 11.3 Å². The monoisotopic (exact) mass is 256 g/mol. The second-order valence-corrected chi connectivity index (χ2v) is 4.51. The number of ether oxygens (including phenoxy) is 1. The number of rotatable bonds is 3. The quantitative estimate of drug-likeness (QED) is 0.651. The molecular formula is C14H16N4O.